The van der Waals surface area contributed by atoms with E-state index in [-0.39, 0.29) is 0 Å². The molecule has 0 spiro atoms. The van der Waals surface area contributed by atoms with Crippen LogP contribution in [0, 0.1) is 11.8 Å². The normalized spacial score (nSPS) is 30.1. The standard InChI is InChI=1S/C14H20O/c1-2-15-14-6-4-3-5-12-7-9-13(11-14)10-8-12/h3-6,11-13H,2,7-10H2,1H3. The molecular formula is C14H20O. The summed E-state index contributed by atoms with van der Waals surface area (Å²) < 4.78 is 5.60. The molecule has 0 unspecified atom stereocenters. The third-order valence-corrected chi connectivity index (χ3v) is 3.28. The minimum atomic E-state index is 0.735. The van der Waals surface area contributed by atoms with Crippen LogP contribution in [-0.4, -0.2) is 6.61 Å². The molecule has 1 fully saturated rings. The number of hydrogen-bond acceptors (Lipinski definition) is 1. The quantitative estimate of drug-likeness (QED) is 0.664. The van der Waals surface area contributed by atoms with Gasteiger partial charge >= 0.3 is 0 Å². The molecule has 0 amide bonds. The summed E-state index contributed by atoms with van der Waals surface area (Å²) in [6.07, 6.45) is 16.3. The second kappa shape index (κ2) is 5.20. The Kier molecular flexibility index (Phi) is 3.65. The van der Waals surface area contributed by atoms with Gasteiger partial charge in [-0.25, -0.2) is 0 Å². The zero-order valence-electron chi connectivity index (χ0n) is 9.49. The molecule has 1 heteroatoms. The molecule has 0 aliphatic heterocycles. The minimum Gasteiger partial charge on any atom is -0.494 e. The minimum absolute atomic E-state index is 0.735. The molecule has 15 heavy (non-hydrogen) atoms. The highest BCUT2D eigenvalue weighted by Crippen LogP contribution is 2.31. The first-order valence-electron chi connectivity index (χ1n) is 6.08. The van der Waals surface area contributed by atoms with Crippen LogP contribution in [0.15, 0.2) is 36.1 Å². The zero-order chi connectivity index (χ0) is 10.5. The average molecular weight is 204 g/mol. The summed E-state index contributed by atoms with van der Waals surface area (Å²) in [6, 6.07) is 0. The summed E-state index contributed by atoms with van der Waals surface area (Å²) >= 11 is 0. The molecule has 0 N–H and O–H groups in total. The van der Waals surface area contributed by atoms with E-state index < -0.39 is 0 Å². The Morgan fingerprint density at radius 2 is 1.87 bits per heavy atom. The van der Waals surface area contributed by atoms with Crippen molar-refractivity contribution < 1.29 is 4.74 Å². The number of allylic oxidation sites excluding steroid dienone is 5. The molecule has 0 saturated heterocycles. The van der Waals surface area contributed by atoms with Gasteiger partial charge in [-0.3, -0.25) is 0 Å². The van der Waals surface area contributed by atoms with Gasteiger partial charge in [-0.1, -0.05) is 18.2 Å². The van der Waals surface area contributed by atoms with E-state index in [9.17, 15) is 0 Å². The number of rotatable bonds is 2. The lowest BCUT2D eigenvalue weighted by Gasteiger charge is -2.25. The van der Waals surface area contributed by atoms with Crippen LogP contribution in [0.25, 0.3) is 0 Å². The third-order valence-electron chi connectivity index (χ3n) is 3.28. The first-order valence-corrected chi connectivity index (χ1v) is 6.08. The van der Waals surface area contributed by atoms with Gasteiger partial charge in [0, 0.05) is 0 Å². The maximum atomic E-state index is 5.60. The molecule has 0 aromatic carbocycles. The highest BCUT2D eigenvalue weighted by atomic mass is 16.5. The molecule has 3 aliphatic carbocycles. The van der Waals surface area contributed by atoms with Crippen molar-refractivity contribution >= 4 is 0 Å². The summed E-state index contributed by atoms with van der Waals surface area (Å²) in [5.74, 6) is 2.60. The van der Waals surface area contributed by atoms with Crippen LogP contribution in [0.4, 0.5) is 0 Å². The van der Waals surface area contributed by atoms with E-state index >= 15 is 0 Å². The summed E-state index contributed by atoms with van der Waals surface area (Å²) in [7, 11) is 0. The monoisotopic (exact) mass is 204 g/mol. The maximum Gasteiger partial charge on any atom is 0.115 e. The van der Waals surface area contributed by atoms with Gasteiger partial charge in [0.25, 0.3) is 0 Å². The maximum absolute atomic E-state index is 5.60. The summed E-state index contributed by atoms with van der Waals surface area (Å²) in [5.41, 5.74) is 0. The molecule has 3 aliphatic rings. The average Bonchev–Trinajstić information content (AvgIpc) is 2.28. The van der Waals surface area contributed by atoms with Crippen LogP contribution >= 0.6 is 0 Å². The zero-order valence-corrected chi connectivity index (χ0v) is 9.49. The van der Waals surface area contributed by atoms with Crippen LogP contribution in [0.5, 0.6) is 0 Å². The van der Waals surface area contributed by atoms with Crippen LogP contribution in [0.3, 0.4) is 0 Å². The van der Waals surface area contributed by atoms with Crippen molar-refractivity contribution in [2.45, 2.75) is 32.6 Å². The van der Waals surface area contributed by atoms with Crippen molar-refractivity contribution in [3.63, 3.8) is 0 Å². The lowest BCUT2D eigenvalue weighted by Crippen LogP contribution is -2.12. The van der Waals surface area contributed by atoms with Crippen LogP contribution in [-0.2, 0) is 4.74 Å². The Morgan fingerprint density at radius 1 is 1.13 bits per heavy atom. The van der Waals surface area contributed by atoms with Gasteiger partial charge < -0.3 is 4.74 Å². The van der Waals surface area contributed by atoms with Crippen molar-refractivity contribution in [1.82, 2.24) is 0 Å². The van der Waals surface area contributed by atoms with Crippen LogP contribution < -0.4 is 0 Å². The van der Waals surface area contributed by atoms with Gasteiger partial charge in [-0.2, -0.15) is 0 Å². The van der Waals surface area contributed by atoms with Gasteiger partial charge in [-0.05, 0) is 56.6 Å². The third kappa shape index (κ3) is 2.98. The fourth-order valence-electron chi connectivity index (χ4n) is 2.43. The topological polar surface area (TPSA) is 9.23 Å². The van der Waals surface area contributed by atoms with Gasteiger partial charge in [0.05, 0.1) is 6.61 Å². The fourth-order valence-corrected chi connectivity index (χ4v) is 2.43. The summed E-state index contributed by atoms with van der Waals surface area (Å²) in [6.45, 7) is 2.80. The van der Waals surface area contributed by atoms with E-state index in [4.69, 9.17) is 4.74 Å². The molecule has 2 bridgehead atoms. The molecule has 3 rings (SSSR count). The van der Waals surface area contributed by atoms with E-state index in [0.29, 0.717) is 0 Å². The fraction of sp³-hybridized carbons (Fsp3) is 0.571. The highest BCUT2D eigenvalue weighted by Gasteiger charge is 2.18. The molecule has 82 valence electrons. The smallest absolute Gasteiger partial charge is 0.115 e. The van der Waals surface area contributed by atoms with Gasteiger partial charge in [-0.15, -0.1) is 0 Å². The molecular weight excluding hydrogens is 184 g/mol. The Balaban J connectivity index is 2.15. The summed E-state index contributed by atoms with van der Waals surface area (Å²) in [5, 5.41) is 0. The molecule has 0 aromatic rings. The van der Waals surface area contributed by atoms with Gasteiger partial charge in [0.1, 0.15) is 5.76 Å². The van der Waals surface area contributed by atoms with Crippen molar-refractivity contribution in [3.05, 3.63) is 36.1 Å². The van der Waals surface area contributed by atoms with E-state index in [0.717, 1.165) is 24.2 Å². The number of hydrogen-bond donors (Lipinski definition) is 0. The predicted octanol–water partition coefficient (Wildman–Crippen LogP) is 3.84. The van der Waals surface area contributed by atoms with Crippen LogP contribution in [0.1, 0.15) is 32.6 Å². The SMILES string of the molecule is CCOC1=CC2CCC(C=CC=C1)CC2. The second-order valence-corrected chi connectivity index (χ2v) is 4.42. The molecule has 0 radical (unpaired) electrons. The Hall–Kier alpha value is -0.980. The van der Waals surface area contributed by atoms with Crippen molar-refractivity contribution in [1.29, 1.82) is 0 Å². The van der Waals surface area contributed by atoms with Crippen molar-refractivity contribution in [2.24, 2.45) is 11.8 Å². The Morgan fingerprint density at radius 3 is 2.60 bits per heavy atom. The van der Waals surface area contributed by atoms with Crippen molar-refractivity contribution in [3.8, 4) is 0 Å². The largest absolute Gasteiger partial charge is 0.494 e. The van der Waals surface area contributed by atoms with Gasteiger partial charge in [0.15, 0.2) is 0 Å². The molecule has 0 aromatic heterocycles. The molecule has 1 saturated carbocycles. The van der Waals surface area contributed by atoms with Crippen LogP contribution in [0.2, 0.25) is 0 Å². The second-order valence-electron chi connectivity index (χ2n) is 4.42. The molecule has 0 heterocycles. The highest BCUT2D eigenvalue weighted by molar-refractivity contribution is 5.20. The van der Waals surface area contributed by atoms with E-state index in [2.05, 4.69) is 30.4 Å². The van der Waals surface area contributed by atoms with Gasteiger partial charge in [0.2, 0.25) is 0 Å². The van der Waals surface area contributed by atoms with E-state index in [1.807, 2.05) is 6.92 Å². The Labute approximate surface area is 92.5 Å². The Bertz CT molecular complexity index is 278. The lowest BCUT2D eigenvalue weighted by atomic mass is 9.81. The molecule has 1 nitrogen and oxygen atoms in total. The first kappa shape index (κ1) is 10.5. The molecule has 0 atom stereocenters. The lowest BCUT2D eigenvalue weighted by molar-refractivity contribution is 0.235. The van der Waals surface area contributed by atoms with E-state index in [1.54, 1.807) is 0 Å². The number of fused-ring (bicyclic) bond motifs is 4. The first-order chi connectivity index (χ1) is 7.38. The van der Waals surface area contributed by atoms with Crippen molar-refractivity contribution in [2.75, 3.05) is 6.61 Å². The summed E-state index contributed by atoms with van der Waals surface area (Å²) in [4.78, 5) is 0. The number of ether oxygens (including phenoxy) is 1. The van der Waals surface area contributed by atoms with E-state index in [1.165, 1.54) is 25.7 Å². The predicted molar refractivity (Wildman–Crippen MR) is 63.4 cm³/mol.